The van der Waals surface area contributed by atoms with E-state index in [1.165, 1.54) is 32.1 Å². The van der Waals surface area contributed by atoms with Crippen molar-refractivity contribution in [3.05, 3.63) is 12.7 Å². The topological polar surface area (TPSA) is 0 Å². The Balaban J connectivity index is 2.40. The molecule has 0 aromatic carbocycles. The average Bonchev–Trinajstić information content (AvgIpc) is 2.57. The second-order valence-electron chi connectivity index (χ2n) is 4.35. The van der Waals surface area contributed by atoms with Gasteiger partial charge in [-0.25, -0.2) is 0 Å². The molecule has 0 radical (unpaired) electrons. The molecule has 1 heteroatoms. The van der Waals surface area contributed by atoms with Crippen molar-refractivity contribution in [2.24, 2.45) is 11.3 Å². The average molecular weight is 231 g/mol. The molecule has 12 heavy (non-hydrogen) atoms. The van der Waals surface area contributed by atoms with E-state index in [1.54, 1.807) is 0 Å². The van der Waals surface area contributed by atoms with Crippen LogP contribution in [0.3, 0.4) is 0 Å². The highest BCUT2D eigenvalue weighted by atomic mass is 79.9. The Kier molecular flexibility index (Phi) is 3.82. The lowest BCUT2D eigenvalue weighted by atomic mass is 9.82. The number of halogens is 1. The molecule has 0 aromatic rings. The van der Waals surface area contributed by atoms with Gasteiger partial charge in [-0.05, 0) is 17.8 Å². The lowest BCUT2D eigenvalue weighted by Gasteiger charge is -2.26. The SMILES string of the molecule is C=CC(C)(CBr)CC1CCCC1. The van der Waals surface area contributed by atoms with Gasteiger partial charge in [0.2, 0.25) is 0 Å². The minimum atomic E-state index is 0.328. The van der Waals surface area contributed by atoms with E-state index in [1.807, 2.05) is 0 Å². The molecule has 0 N–H and O–H groups in total. The zero-order valence-corrected chi connectivity index (χ0v) is 9.57. The van der Waals surface area contributed by atoms with E-state index < -0.39 is 0 Å². The monoisotopic (exact) mass is 230 g/mol. The van der Waals surface area contributed by atoms with Gasteiger partial charge in [-0.2, -0.15) is 0 Å². The van der Waals surface area contributed by atoms with E-state index in [9.17, 15) is 0 Å². The second kappa shape index (κ2) is 4.45. The minimum absolute atomic E-state index is 0.328. The molecule has 0 saturated heterocycles. The number of alkyl halides is 1. The molecule has 1 atom stereocenters. The number of allylic oxidation sites excluding steroid dienone is 1. The van der Waals surface area contributed by atoms with Crippen LogP contribution in [0, 0.1) is 11.3 Å². The third-order valence-electron chi connectivity index (χ3n) is 3.03. The summed E-state index contributed by atoms with van der Waals surface area (Å²) in [6.45, 7) is 6.21. The molecule has 1 aliphatic rings. The normalized spacial score (nSPS) is 23.8. The molecular weight excluding hydrogens is 212 g/mol. The maximum atomic E-state index is 3.92. The van der Waals surface area contributed by atoms with Crippen LogP contribution < -0.4 is 0 Å². The van der Waals surface area contributed by atoms with E-state index in [-0.39, 0.29) is 0 Å². The fourth-order valence-electron chi connectivity index (χ4n) is 2.07. The summed E-state index contributed by atoms with van der Waals surface area (Å²) in [5.74, 6) is 0.963. The van der Waals surface area contributed by atoms with Gasteiger partial charge in [0, 0.05) is 5.33 Å². The van der Waals surface area contributed by atoms with Crippen LogP contribution in [0.4, 0.5) is 0 Å². The number of hydrogen-bond donors (Lipinski definition) is 0. The molecule has 1 rings (SSSR count). The van der Waals surface area contributed by atoms with Gasteiger partial charge < -0.3 is 0 Å². The highest BCUT2D eigenvalue weighted by Crippen LogP contribution is 2.37. The summed E-state index contributed by atoms with van der Waals surface area (Å²) in [7, 11) is 0. The van der Waals surface area contributed by atoms with Gasteiger partial charge in [0.25, 0.3) is 0 Å². The molecule has 1 saturated carbocycles. The third-order valence-corrected chi connectivity index (χ3v) is 4.31. The summed E-state index contributed by atoms with van der Waals surface area (Å²) in [6.07, 6.45) is 9.20. The first kappa shape index (κ1) is 10.3. The van der Waals surface area contributed by atoms with Crippen LogP contribution in [0.25, 0.3) is 0 Å². The van der Waals surface area contributed by atoms with Crippen molar-refractivity contribution in [3.8, 4) is 0 Å². The van der Waals surface area contributed by atoms with Crippen LogP contribution >= 0.6 is 15.9 Å². The molecule has 0 heterocycles. The van der Waals surface area contributed by atoms with Gasteiger partial charge in [0.15, 0.2) is 0 Å². The van der Waals surface area contributed by atoms with Crippen molar-refractivity contribution in [1.82, 2.24) is 0 Å². The molecule has 0 aromatic heterocycles. The fraction of sp³-hybridized carbons (Fsp3) is 0.818. The van der Waals surface area contributed by atoms with Crippen LogP contribution in [0.5, 0.6) is 0 Å². The molecule has 0 amide bonds. The predicted octanol–water partition coefficient (Wildman–Crippen LogP) is 4.15. The smallest absolute Gasteiger partial charge is 0.0120 e. The van der Waals surface area contributed by atoms with Crippen molar-refractivity contribution < 1.29 is 0 Å². The maximum absolute atomic E-state index is 3.92. The molecule has 0 spiro atoms. The van der Waals surface area contributed by atoms with Crippen molar-refractivity contribution in [2.75, 3.05) is 5.33 Å². The van der Waals surface area contributed by atoms with Gasteiger partial charge in [0.05, 0.1) is 0 Å². The second-order valence-corrected chi connectivity index (χ2v) is 4.91. The van der Waals surface area contributed by atoms with Gasteiger partial charge in [-0.15, -0.1) is 6.58 Å². The summed E-state index contributed by atoms with van der Waals surface area (Å²) in [6, 6.07) is 0. The van der Waals surface area contributed by atoms with E-state index in [0.717, 1.165) is 11.2 Å². The Morgan fingerprint density at radius 1 is 1.50 bits per heavy atom. The first-order valence-corrected chi connectivity index (χ1v) is 6.02. The van der Waals surface area contributed by atoms with Gasteiger partial charge >= 0.3 is 0 Å². The van der Waals surface area contributed by atoms with Crippen molar-refractivity contribution in [3.63, 3.8) is 0 Å². The van der Waals surface area contributed by atoms with Crippen LogP contribution in [0.2, 0.25) is 0 Å². The van der Waals surface area contributed by atoms with Crippen LogP contribution in [-0.2, 0) is 0 Å². The van der Waals surface area contributed by atoms with Crippen molar-refractivity contribution in [2.45, 2.75) is 39.0 Å². The lowest BCUT2D eigenvalue weighted by molar-refractivity contribution is 0.345. The van der Waals surface area contributed by atoms with Gasteiger partial charge in [-0.3, -0.25) is 0 Å². The van der Waals surface area contributed by atoms with Crippen molar-refractivity contribution >= 4 is 15.9 Å². The molecule has 0 bridgehead atoms. The summed E-state index contributed by atoms with van der Waals surface area (Å²) in [5, 5.41) is 1.06. The molecule has 1 fully saturated rings. The Bertz CT molecular complexity index is 147. The standard InChI is InChI=1S/C11H19Br/c1-3-11(2,9-12)8-10-6-4-5-7-10/h3,10H,1,4-9H2,2H3. The summed E-state index contributed by atoms with van der Waals surface area (Å²) >= 11 is 3.57. The minimum Gasteiger partial charge on any atom is -0.103 e. The van der Waals surface area contributed by atoms with Crippen LogP contribution in [0.15, 0.2) is 12.7 Å². The molecule has 1 aliphatic carbocycles. The third kappa shape index (κ3) is 2.62. The summed E-state index contributed by atoms with van der Waals surface area (Å²) in [4.78, 5) is 0. The number of hydrogen-bond acceptors (Lipinski definition) is 0. The van der Waals surface area contributed by atoms with Crippen LogP contribution in [0.1, 0.15) is 39.0 Å². The quantitative estimate of drug-likeness (QED) is 0.503. The molecule has 70 valence electrons. The Morgan fingerprint density at radius 3 is 2.50 bits per heavy atom. The van der Waals surface area contributed by atoms with E-state index in [2.05, 4.69) is 35.5 Å². The largest absolute Gasteiger partial charge is 0.103 e. The highest BCUT2D eigenvalue weighted by molar-refractivity contribution is 9.09. The first-order valence-electron chi connectivity index (χ1n) is 4.90. The molecular formula is C11H19Br. The van der Waals surface area contributed by atoms with Gasteiger partial charge in [0.1, 0.15) is 0 Å². The Labute approximate surface area is 84.6 Å². The van der Waals surface area contributed by atoms with E-state index in [4.69, 9.17) is 0 Å². The summed E-state index contributed by atoms with van der Waals surface area (Å²) < 4.78 is 0. The first-order chi connectivity index (χ1) is 5.70. The molecule has 0 nitrogen and oxygen atoms in total. The summed E-state index contributed by atoms with van der Waals surface area (Å²) in [5.41, 5.74) is 0.328. The predicted molar refractivity (Wildman–Crippen MR) is 58.7 cm³/mol. The molecule has 1 unspecified atom stereocenters. The molecule has 0 aliphatic heterocycles. The Hall–Kier alpha value is 0.220. The van der Waals surface area contributed by atoms with E-state index in [0.29, 0.717) is 5.41 Å². The highest BCUT2D eigenvalue weighted by Gasteiger charge is 2.25. The Morgan fingerprint density at radius 2 is 2.08 bits per heavy atom. The lowest BCUT2D eigenvalue weighted by Crippen LogP contribution is -2.18. The fourth-order valence-corrected chi connectivity index (χ4v) is 2.52. The van der Waals surface area contributed by atoms with Gasteiger partial charge in [-0.1, -0.05) is 54.6 Å². The maximum Gasteiger partial charge on any atom is 0.0120 e. The zero-order chi connectivity index (χ0) is 9.03. The number of rotatable bonds is 4. The van der Waals surface area contributed by atoms with Crippen molar-refractivity contribution in [1.29, 1.82) is 0 Å². The van der Waals surface area contributed by atoms with E-state index >= 15 is 0 Å². The van der Waals surface area contributed by atoms with Crippen LogP contribution in [-0.4, -0.2) is 5.33 Å². The zero-order valence-electron chi connectivity index (χ0n) is 7.98.